The molecule has 1 atom stereocenters. The van der Waals surface area contributed by atoms with Gasteiger partial charge in [-0.3, -0.25) is 9.78 Å². The van der Waals surface area contributed by atoms with Crippen molar-refractivity contribution in [1.29, 1.82) is 0 Å². The van der Waals surface area contributed by atoms with Gasteiger partial charge in [-0.25, -0.2) is 9.97 Å². The molecule has 6 nitrogen and oxygen atoms in total. The van der Waals surface area contributed by atoms with Crippen LogP contribution in [0.2, 0.25) is 0 Å². The molecule has 3 heterocycles. The summed E-state index contributed by atoms with van der Waals surface area (Å²) in [6.07, 6.45) is 10.5. The van der Waals surface area contributed by atoms with Gasteiger partial charge in [0.05, 0.1) is 5.69 Å². The summed E-state index contributed by atoms with van der Waals surface area (Å²) in [5.74, 6) is 0.825. The number of carbonyl (C=O) groups excluding carboxylic acids is 1. The van der Waals surface area contributed by atoms with Crippen LogP contribution in [0.4, 0.5) is 0 Å². The second-order valence-electron chi connectivity index (χ2n) is 9.59. The number of aryl methyl sites for hydroxylation is 1. The lowest BCUT2D eigenvalue weighted by molar-refractivity contribution is 0.0790. The van der Waals surface area contributed by atoms with Gasteiger partial charge in [0, 0.05) is 55.3 Å². The highest BCUT2D eigenvalue weighted by Gasteiger charge is 2.43. The summed E-state index contributed by atoms with van der Waals surface area (Å²) in [7, 11) is 0. The van der Waals surface area contributed by atoms with Gasteiger partial charge in [0.1, 0.15) is 5.82 Å². The fourth-order valence-corrected chi connectivity index (χ4v) is 4.95. The molecule has 0 spiro atoms. The van der Waals surface area contributed by atoms with Crippen LogP contribution in [-0.2, 0) is 11.8 Å². The van der Waals surface area contributed by atoms with Crippen molar-refractivity contribution in [3.63, 3.8) is 0 Å². The first-order chi connectivity index (χ1) is 16.0. The Kier molecular flexibility index (Phi) is 5.71. The fraction of sp³-hybridized carbons (Fsp3) is 0.407. The van der Waals surface area contributed by atoms with Crippen molar-refractivity contribution < 1.29 is 4.79 Å². The van der Waals surface area contributed by atoms with E-state index in [1.54, 1.807) is 6.20 Å². The molecule has 0 radical (unpaired) electrons. The monoisotopic (exact) mass is 441 g/mol. The van der Waals surface area contributed by atoms with E-state index in [4.69, 9.17) is 5.73 Å². The summed E-state index contributed by atoms with van der Waals surface area (Å²) in [5, 5.41) is 0. The Balaban J connectivity index is 1.43. The number of rotatable bonds is 6. The molecule has 2 aliphatic rings. The molecule has 1 amide bonds. The molecule has 2 fully saturated rings. The molecule has 2 aromatic heterocycles. The van der Waals surface area contributed by atoms with Crippen LogP contribution in [0.25, 0.3) is 11.3 Å². The minimum absolute atomic E-state index is 0.0684. The summed E-state index contributed by atoms with van der Waals surface area (Å²) in [6, 6.07) is 10.3. The highest BCUT2D eigenvalue weighted by Crippen LogP contribution is 2.52. The lowest BCUT2D eigenvalue weighted by atomic mass is 9.86. The number of nitrogens with two attached hydrogens (primary N) is 1. The van der Waals surface area contributed by atoms with E-state index in [2.05, 4.69) is 34.0 Å². The Labute approximate surface area is 195 Å². The van der Waals surface area contributed by atoms with Crippen molar-refractivity contribution in [2.24, 2.45) is 5.73 Å². The van der Waals surface area contributed by atoms with E-state index in [0.29, 0.717) is 13.0 Å². The number of likely N-dealkylation sites (tertiary alicyclic amines) is 1. The van der Waals surface area contributed by atoms with Crippen molar-refractivity contribution in [3.8, 4) is 11.3 Å². The van der Waals surface area contributed by atoms with Gasteiger partial charge in [0.2, 0.25) is 0 Å². The van der Waals surface area contributed by atoms with E-state index in [1.165, 1.54) is 18.4 Å². The SMILES string of the molecule is CCC1(c2ccc(C(=O)N3CC[C@@H](N)C3)cc2Cc2ncc(-c3cc(C)ccn3)cn2)CC1. The van der Waals surface area contributed by atoms with Gasteiger partial charge in [0.15, 0.2) is 0 Å². The van der Waals surface area contributed by atoms with E-state index in [-0.39, 0.29) is 17.4 Å². The summed E-state index contributed by atoms with van der Waals surface area (Å²) < 4.78 is 0. The zero-order valence-electron chi connectivity index (χ0n) is 19.4. The lowest BCUT2D eigenvalue weighted by Crippen LogP contribution is -2.32. The quantitative estimate of drug-likeness (QED) is 0.624. The molecule has 170 valence electrons. The van der Waals surface area contributed by atoms with Crippen LogP contribution >= 0.6 is 0 Å². The molecule has 1 saturated heterocycles. The number of pyridine rings is 1. The van der Waals surface area contributed by atoms with Gasteiger partial charge in [-0.1, -0.05) is 13.0 Å². The average molecular weight is 442 g/mol. The summed E-state index contributed by atoms with van der Waals surface area (Å²) in [6.45, 7) is 5.66. The highest BCUT2D eigenvalue weighted by atomic mass is 16.2. The van der Waals surface area contributed by atoms with Gasteiger partial charge in [-0.15, -0.1) is 0 Å². The minimum atomic E-state index is 0.0684. The largest absolute Gasteiger partial charge is 0.337 e. The second-order valence-corrected chi connectivity index (χ2v) is 9.59. The molecule has 5 rings (SSSR count). The molecule has 2 N–H and O–H groups in total. The van der Waals surface area contributed by atoms with Gasteiger partial charge in [0.25, 0.3) is 5.91 Å². The Hall–Kier alpha value is -3.12. The lowest BCUT2D eigenvalue weighted by Gasteiger charge is -2.21. The van der Waals surface area contributed by atoms with E-state index in [0.717, 1.165) is 53.2 Å². The molecule has 6 heteroatoms. The van der Waals surface area contributed by atoms with E-state index in [1.807, 2.05) is 42.4 Å². The third kappa shape index (κ3) is 4.40. The number of aromatic nitrogens is 3. The van der Waals surface area contributed by atoms with Crippen LogP contribution in [-0.4, -0.2) is 44.9 Å². The van der Waals surface area contributed by atoms with E-state index in [9.17, 15) is 4.79 Å². The number of carbonyl (C=O) groups is 1. The maximum atomic E-state index is 13.1. The molecule has 1 aliphatic carbocycles. The number of amides is 1. The fourth-order valence-electron chi connectivity index (χ4n) is 4.95. The molecule has 1 aromatic carbocycles. The van der Waals surface area contributed by atoms with Gasteiger partial charge in [-0.05, 0) is 79.0 Å². The standard InChI is InChI=1S/C27H31N5O/c1-3-27(8-9-27)23-5-4-19(26(33)32-11-7-22(28)17-32)13-20(23)14-25-30-15-21(16-31-25)24-12-18(2)6-10-29-24/h4-6,10,12-13,15-16,22H,3,7-9,11,14,17,28H2,1-2H3/t22-/m1/s1. The van der Waals surface area contributed by atoms with Crippen molar-refractivity contribution >= 4 is 5.91 Å². The number of hydrogen-bond acceptors (Lipinski definition) is 5. The third-order valence-corrected chi connectivity index (χ3v) is 7.23. The first-order valence-electron chi connectivity index (χ1n) is 11.9. The number of benzene rings is 1. The summed E-state index contributed by atoms with van der Waals surface area (Å²) in [4.78, 5) is 28.7. The topological polar surface area (TPSA) is 85.0 Å². The van der Waals surface area contributed by atoms with Crippen LogP contribution in [0, 0.1) is 6.92 Å². The van der Waals surface area contributed by atoms with E-state index >= 15 is 0 Å². The summed E-state index contributed by atoms with van der Waals surface area (Å²) >= 11 is 0. The maximum Gasteiger partial charge on any atom is 0.253 e. The van der Waals surface area contributed by atoms with Gasteiger partial charge >= 0.3 is 0 Å². The predicted octanol–water partition coefficient (Wildman–Crippen LogP) is 4.05. The Morgan fingerprint density at radius 1 is 1.15 bits per heavy atom. The zero-order valence-corrected chi connectivity index (χ0v) is 19.4. The van der Waals surface area contributed by atoms with Crippen molar-refractivity contribution in [1.82, 2.24) is 19.9 Å². The minimum Gasteiger partial charge on any atom is -0.337 e. The van der Waals surface area contributed by atoms with Crippen LogP contribution in [0.15, 0.2) is 48.9 Å². The van der Waals surface area contributed by atoms with Crippen molar-refractivity contribution in [3.05, 3.63) is 77.0 Å². The first kappa shape index (κ1) is 21.7. The molecule has 1 aliphatic heterocycles. The molecule has 1 saturated carbocycles. The number of nitrogens with zero attached hydrogens (tertiary/aromatic N) is 4. The van der Waals surface area contributed by atoms with Crippen LogP contribution in [0.5, 0.6) is 0 Å². The first-order valence-corrected chi connectivity index (χ1v) is 11.9. The Bertz CT molecular complexity index is 1170. The van der Waals surface area contributed by atoms with Crippen LogP contribution < -0.4 is 5.73 Å². The summed E-state index contributed by atoms with van der Waals surface area (Å²) in [5.41, 5.74) is 12.4. The molecule has 3 aromatic rings. The Morgan fingerprint density at radius 2 is 1.94 bits per heavy atom. The second kappa shape index (κ2) is 8.67. The zero-order chi connectivity index (χ0) is 23.0. The highest BCUT2D eigenvalue weighted by molar-refractivity contribution is 5.94. The van der Waals surface area contributed by atoms with Gasteiger partial charge < -0.3 is 10.6 Å². The average Bonchev–Trinajstić information content (AvgIpc) is 3.51. The molecule has 0 unspecified atom stereocenters. The molecular weight excluding hydrogens is 410 g/mol. The normalized spacial score (nSPS) is 19.0. The van der Waals surface area contributed by atoms with Crippen molar-refractivity contribution in [2.45, 2.75) is 57.4 Å². The van der Waals surface area contributed by atoms with Crippen LogP contribution in [0.1, 0.15) is 65.5 Å². The predicted molar refractivity (Wildman–Crippen MR) is 129 cm³/mol. The third-order valence-electron chi connectivity index (χ3n) is 7.23. The smallest absolute Gasteiger partial charge is 0.253 e. The van der Waals surface area contributed by atoms with Crippen molar-refractivity contribution in [2.75, 3.05) is 13.1 Å². The Morgan fingerprint density at radius 3 is 2.58 bits per heavy atom. The van der Waals surface area contributed by atoms with E-state index < -0.39 is 0 Å². The number of hydrogen-bond donors (Lipinski definition) is 1. The maximum absolute atomic E-state index is 13.1. The van der Waals surface area contributed by atoms with Crippen LogP contribution in [0.3, 0.4) is 0 Å². The molecule has 0 bridgehead atoms. The molecular formula is C27H31N5O. The van der Waals surface area contributed by atoms with Gasteiger partial charge in [-0.2, -0.15) is 0 Å². The molecule has 33 heavy (non-hydrogen) atoms.